The molecule has 4 heteroatoms. The summed E-state index contributed by atoms with van der Waals surface area (Å²) in [5.74, 6) is 0.690. The molecule has 0 heterocycles. The lowest BCUT2D eigenvalue weighted by molar-refractivity contribution is -0.118. The summed E-state index contributed by atoms with van der Waals surface area (Å²) in [6, 6.07) is 6.91. The first-order chi connectivity index (χ1) is 7.63. The van der Waals surface area contributed by atoms with E-state index in [-0.39, 0.29) is 19.0 Å². The van der Waals surface area contributed by atoms with Crippen molar-refractivity contribution in [3.63, 3.8) is 0 Å². The normalized spacial score (nSPS) is 12.2. The average molecular weight is 223 g/mol. The lowest BCUT2D eigenvalue weighted by Crippen LogP contribution is -2.30. The lowest BCUT2D eigenvalue weighted by Gasteiger charge is -2.09. The summed E-state index contributed by atoms with van der Waals surface area (Å²) in [6.45, 7) is 1.77. The van der Waals surface area contributed by atoms with E-state index in [2.05, 4.69) is 0 Å². The van der Waals surface area contributed by atoms with Crippen molar-refractivity contribution in [1.29, 1.82) is 0 Å². The van der Waals surface area contributed by atoms with Gasteiger partial charge >= 0.3 is 0 Å². The third-order valence-electron chi connectivity index (χ3n) is 2.26. The number of Topliss-reactive ketones (excluding diaryl/α,β-unsaturated/α-hetero) is 1. The molecule has 0 spiro atoms. The molecule has 0 saturated carbocycles. The van der Waals surface area contributed by atoms with E-state index >= 15 is 0 Å². The standard InChI is InChI=1S/C12H17NO3/c1-9(15)12(13)8-10-2-4-11(5-3-10)16-7-6-14/h2-5,12,14H,6-8,13H2,1H3. The second-order valence-electron chi connectivity index (χ2n) is 3.64. The van der Waals surface area contributed by atoms with Gasteiger partial charge in [-0.1, -0.05) is 12.1 Å². The molecule has 0 bridgehead atoms. The van der Waals surface area contributed by atoms with Gasteiger partial charge in [0, 0.05) is 0 Å². The fraction of sp³-hybridized carbons (Fsp3) is 0.417. The molecule has 0 saturated heterocycles. The van der Waals surface area contributed by atoms with Gasteiger partial charge in [-0.05, 0) is 31.0 Å². The van der Waals surface area contributed by atoms with Crippen LogP contribution in [-0.4, -0.2) is 30.1 Å². The van der Waals surface area contributed by atoms with Crippen molar-refractivity contribution in [2.45, 2.75) is 19.4 Å². The third-order valence-corrected chi connectivity index (χ3v) is 2.26. The second-order valence-corrected chi connectivity index (χ2v) is 3.64. The summed E-state index contributed by atoms with van der Waals surface area (Å²) in [7, 11) is 0. The number of hydrogen-bond acceptors (Lipinski definition) is 4. The van der Waals surface area contributed by atoms with Gasteiger partial charge in [-0.3, -0.25) is 4.79 Å². The molecular weight excluding hydrogens is 206 g/mol. The number of carbonyl (C=O) groups excluding carboxylic acids is 1. The molecule has 0 aliphatic heterocycles. The highest BCUT2D eigenvalue weighted by Gasteiger charge is 2.08. The SMILES string of the molecule is CC(=O)C(N)Cc1ccc(OCCO)cc1. The van der Waals surface area contributed by atoms with E-state index in [0.29, 0.717) is 12.2 Å². The zero-order chi connectivity index (χ0) is 12.0. The summed E-state index contributed by atoms with van der Waals surface area (Å²) >= 11 is 0. The predicted molar refractivity (Wildman–Crippen MR) is 61.4 cm³/mol. The van der Waals surface area contributed by atoms with Gasteiger partial charge in [0.25, 0.3) is 0 Å². The first-order valence-electron chi connectivity index (χ1n) is 5.22. The zero-order valence-corrected chi connectivity index (χ0v) is 9.35. The van der Waals surface area contributed by atoms with E-state index < -0.39 is 6.04 Å². The third kappa shape index (κ3) is 4.00. The van der Waals surface area contributed by atoms with Crippen LogP contribution in [0.1, 0.15) is 12.5 Å². The van der Waals surface area contributed by atoms with Gasteiger partial charge in [-0.2, -0.15) is 0 Å². The molecule has 4 nitrogen and oxygen atoms in total. The van der Waals surface area contributed by atoms with Crippen LogP contribution in [0, 0.1) is 0 Å². The Labute approximate surface area is 95.0 Å². The van der Waals surface area contributed by atoms with Crippen molar-refractivity contribution in [2.24, 2.45) is 5.73 Å². The van der Waals surface area contributed by atoms with Crippen molar-refractivity contribution in [3.05, 3.63) is 29.8 Å². The van der Waals surface area contributed by atoms with Gasteiger partial charge < -0.3 is 15.6 Å². The maximum absolute atomic E-state index is 11.0. The maximum Gasteiger partial charge on any atom is 0.146 e. The topological polar surface area (TPSA) is 72.6 Å². The average Bonchev–Trinajstić information content (AvgIpc) is 2.28. The van der Waals surface area contributed by atoms with Gasteiger partial charge in [-0.15, -0.1) is 0 Å². The molecule has 0 aromatic heterocycles. The Morgan fingerprint density at radius 1 is 1.44 bits per heavy atom. The summed E-state index contributed by atoms with van der Waals surface area (Å²) in [4.78, 5) is 11.0. The number of aliphatic hydroxyl groups excluding tert-OH is 1. The lowest BCUT2D eigenvalue weighted by atomic mass is 10.0. The molecule has 88 valence electrons. The number of ether oxygens (including phenoxy) is 1. The Kier molecular flexibility index (Phi) is 4.95. The maximum atomic E-state index is 11.0. The molecule has 0 aliphatic carbocycles. The van der Waals surface area contributed by atoms with E-state index in [0.717, 1.165) is 5.56 Å². The monoisotopic (exact) mass is 223 g/mol. The van der Waals surface area contributed by atoms with Crippen molar-refractivity contribution in [3.8, 4) is 5.75 Å². The smallest absolute Gasteiger partial charge is 0.146 e. The predicted octanol–water partition coefficient (Wildman–Crippen LogP) is 0.516. The van der Waals surface area contributed by atoms with Crippen LogP contribution in [0.2, 0.25) is 0 Å². The first kappa shape index (κ1) is 12.7. The number of carbonyl (C=O) groups is 1. The molecule has 0 aliphatic rings. The Morgan fingerprint density at radius 3 is 2.56 bits per heavy atom. The summed E-state index contributed by atoms with van der Waals surface area (Å²) in [5.41, 5.74) is 6.65. The highest BCUT2D eigenvalue weighted by atomic mass is 16.5. The van der Waals surface area contributed by atoms with Crippen LogP contribution in [0.3, 0.4) is 0 Å². The number of aliphatic hydroxyl groups is 1. The van der Waals surface area contributed by atoms with Crippen LogP contribution >= 0.6 is 0 Å². The molecule has 0 amide bonds. The molecule has 1 rings (SSSR count). The number of hydrogen-bond donors (Lipinski definition) is 2. The van der Waals surface area contributed by atoms with E-state index in [1.807, 2.05) is 12.1 Å². The molecule has 1 aromatic carbocycles. The Balaban J connectivity index is 2.54. The van der Waals surface area contributed by atoms with Gasteiger partial charge in [0.2, 0.25) is 0 Å². The van der Waals surface area contributed by atoms with E-state index in [1.54, 1.807) is 12.1 Å². The molecule has 16 heavy (non-hydrogen) atoms. The molecule has 3 N–H and O–H groups in total. The van der Waals surface area contributed by atoms with Gasteiger partial charge in [-0.25, -0.2) is 0 Å². The molecular formula is C12H17NO3. The van der Waals surface area contributed by atoms with Crippen molar-refractivity contribution in [1.82, 2.24) is 0 Å². The fourth-order valence-electron chi connectivity index (χ4n) is 1.28. The summed E-state index contributed by atoms with van der Waals surface area (Å²) in [6.07, 6.45) is 0.537. The van der Waals surface area contributed by atoms with Crippen molar-refractivity contribution < 1.29 is 14.6 Å². The highest BCUT2D eigenvalue weighted by molar-refractivity contribution is 5.81. The Hall–Kier alpha value is -1.39. The first-order valence-corrected chi connectivity index (χ1v) is 5.22. The largest absolute Gasteiger partial charge is 0.491 e. The van der Waals surface area contributed by atoms with Gasteiger partial charge in [0.1, 0.15) is 18.1 Å². The fourth-order valence-corrected chi connectivity index (χ4v) is 1.28. The highest BCUT2D eigenvalue weighted by Crippen LogP contribution is 2.13. The van der Waals surface area contributed by atoms with E-state index in [9.17, 15) is 4.79 Å². The Morgan fingerprint density at radius 2 is 2.06 bits per heavy atom. The minimum absolute atomic E-state index is 0.00301. The second kappa shape index (κ2) is 6.25. The van der Waals surface area contributed by atoms with E-state index in [1.165, 1.54) is 6.92 Å². The Bertz CT molecular complexity index is 335. The molecule has 1 atom stereocenters. The minimum Gasteiger partial charge on any atom is -0.491 e. The number of benzene rings is 1. The van der Waals surface area contributed by atoms with Crippen LogP contribution in [0.4, 0.5) is 0 Å². The zero-order valence-electron chi connectivity index (χ0n) is 9.35. The van der Waals surface area contributed by atoms with Crippen molar-refractivity contribution >= 4 is 5.78 Å². The van der Waals surface area contributed by atoms with Crippen LogP contribution in [0.5, 0.6) is 5.75 Å². The van der Waals surface area contributed by atoms with Crippen LogP contribution in [0.15, 0.2) is 24.3 Å². The minimum atomic E-state index is -0.441. The number of nitrogens with two attached hydrogens (primary N) is 1. The summed E-state index contributed by atoms with van der Waals surface area (Å²) in [5, 5.41) is 8.58. The van der Waals surface area contributed by atoms with Gasteiger partial charge in [0.15, 0.2) is 0 Å². The molecule has 1 aromatic rings. The van der Waals surface area contributed by atoms with Crippen LogP contribution in [0.25, 0.3) is 0 Å². The molecule has 0 radical (unpaired) electrons. The number of rotatable bonds is 6. The molecule has 1 unspecified atom stereocenters. The molecule has 0 fully saturated rings. The quantitative estimate of drug-likeness (QED) is 0.737. The van der Waals surface area contributed by atoms with Crippen LogP contribution < -0.4 is 10.5 Å². The van der Waals surface area contributed by atoms with Gasteiger partial charge in [0.05, 0.1) is 12.6 Å². The van der Waals surface area contributed by atoms with Crippen molar-refractivity contribution in [2.75, 3.05) is 13.2 Å². The van der Waals surface area contributed by atoms with Crippen LogP contribution in [-0.2, 0) is 11.2 Å². The summed E-state index contributed by atoms with van der Waals surface area (Å²) < 4.78 is 5.21. The van der Waals surface area contributed by atoms with E-state index in [4.69, 9.17) is 15.6 Å². The number of ketones is 1.